The van der Waals surface area contributed by atoms with Gasteiger partial charge in [-0.15, -0.1) is 0 Å². The summed E-state index contributed by atoms with van der Waals surface area (Å²) in [5.41, 5.74) is 1.54. The van der Waals surface area contributed by atoms with Crippen molar-refractivity contribution < 1.29 is 18.7 Å². The monoisotopic (exact) mass is 393 g/mol. The fraction of sp³-hybridized carbons (Fsp3) is 0.222. The summed E-state index contributed by atoms with van der Waals surface area (Å²) in [6, 6.07) is 11.4. The normalized spacial score (nSPS) is 11.7. The second-order valence-electron chi connectivity index (χ2n) is 5.21. The molecule has 0 bridgehead atoms. The van der Waals surface area contributed by atoms with Gasteiger partial charge in [-0.2, -0.15) is 0 Å². The van der Waals surface area contributed by atoms with Gasteiger partial charge in [0.1, 0.15) is 5.82 Å². The number of carbonyl (C=O) groups is 2. The molecule has 1 amide bonds. The van der Waals surface area contributed by atoms with Crippen LogP contribution in [-0.4, -0.2) is 18.0 Å². The van der Waals surface area contributed by atoms with Gasteiger partial charge in [-0.1, -0.05) is 35.0 Å². The molecule has 2 rings (SSSR count). The zero-order chi connectivity index (χ0) is 17.7. The van der Waals surface area contributed by atoms with E-state index in [2.05, 4.69) is 21.2 Å². The highest BCUT2D eigenvalue weighted by atomic mass is 79.9. The Kier molecular flexibility index (Phi) is 6.09. The molecule has 6 heteroatoms. The van der Waals surface area contributed by atoms with E-state index in [0.717, 1.165) is 18.1 Å². The Bertz CT molecular complexity index is 746. The van der Waals surface area contributed by atoms with Gasteiger partial charge in [0, 0.05) is 10.2 Å². The second kappa shape index (κ2) is 8.06. The minimum Gasteiger partial charge on any atom is -0.449 e. The predicted octanol–water partition coefficient (Wildman–Crippen LogP) is 4.33. The molecule has 0 saturated carbocycles. The Hall–Kier alpha value is -2.21. The number of esters is 1. The quantitative estimate of drug-likeness (QED) is 0.768. The molecule has 0 aliphatic rings. The molecule has 1 atom stereocenters. The van der Waals surface area contributed by atoms with E-state index < -0.39 is 23.8 Å². The number of aryl methyl sites for hydroxylation is 1. The first-order valence-electron chi connectivity index (χ1n) is 7.46. The minimum atomic E-state index is -1.05. The van der Waals surface area contributed by atoms with E-state index in [-0.39, 0.29) is 5.56 Å². The maximum absolute atomic E-state index is 13.7. The number of amides is 1. The van der Waals surface area contributed by atoms with Gasteiger partial charge in [0.15, 0.2) is 6.10 Å². The highest BCUT2D eigenvalue weighted by Crippen LogP contribution is 2.17. The van der Waals surface area contributed by atoms with E-state index in [1.165, 1.54) is 19.1 Å². The largest absolute Gasteiger partial charge is 0.449 e. The number of hydrogen-bond donors (Lipinski definition) is 1. The van der Waals surface area contributed by atoms with Crippen LogP contribution in [-0.2, 0) is 16.0 Å². The summed E-state index contributed by atoms with van der Waals surface area (Å²) in [6.07, 6.45) is -0.146. The zero-order valence-electron chi connectivity index (χ0n) is 13.3. The molecule has 0 aliphatic carbocycles. The summed E-state index contributed by atoms with van der Waals surface area (Å²) < 4.78 is 19.3. The van der Waals surface area contributed by atoms with E-state index in [0.29, 0.717) is 10.2 Å². The van der Waals surface area contributed by atoms with Crippen LogP contribution in [0.5, 0.6) is 0 Å². The number of halogens is 2. The number of anilines is 1. The summed E-state index contributed by atoms with van der Waals surface area (Å²) in [5, 5.41) is 2.66. The lowest BCUT2D eigenvalue weighted by Gasteiger charge is -2.14. The fourth-order valence-electron chi connectivity index (χ4n) is 2.00. The number of benzene rings is 2. The molecule has 0 unspecified atom stereocenters. The van der Waals surface area contributed by atoms with Crippen LogP contribution in [0, 0.1) is 5.82 Å². The molecule has 1 N–H and O–H groups in total. The Morgan fingerprint density at radius 1 is 1.21 bits per heavy atom. The van der Waals surface area contributed by atoms with E-state index in [4.69, 9.17) is 4.74 Å². The van der Waals surface area contributed by atoms with Crippen molar-refractivity contribution in [3.05, 3.63) is 63.9 Å². The van der Waals surface area contributed by atoms with Crippen molar-refractivity contribution in [3.63, 3.8) is 0 Å². The summed E-state index contributed by atoms with van der Waals surface area (Å²) in [4.78, 5) is 24.1. The molecule has 0 aliphatic heterocycles. The van der Waals surface area contributed by atoms with Crippen molar-refractivity contribution in [3.8, 4) is 0 Å². The van der Waals surface area contributed by atoms with Crippen molar-refractivity contribution in [2.75, 3.05) is 5.32 Å². The van der Waals surface area contributed by atoms with Crippen LogP contribution in [0.25, 0.3) is 0 Å². The molecule has 4 nitrogen and oxygen atoms in total. The van der Waals surface area contributed by atoms with Gasteiger partial charge in [-0.05, 0) is 49.2 Å². The van der Waals surface area contributed by atoms with Crippen molar-refractivity contribution in [1.29, 1.82) is 0 Å². The van der Waals surface area contributed by atoms with Crippen LogP contribution in [0.1, 0.15) is 29.8 Å². The van der Waals surface area contributed by atoms with Crippen molar-refractivity contribution in [2.24, 2.45) is 0 Å². The van der Waals surface area contributed by atoms with Gasteiger partial charge in [0.25, 0.3) is 5.91 Å². The Balaban J connectivity index is 1.98. The smallest absolute Gasteiger partial charge is 0.341 e. The van der Waals surface area contributed by atoms with E-state index in [9.17, 15) is 14.0 Å². The molecule has 2 aromatic carbocycles. The first kappa shape index (κ1) is 18.1. The standard InChI is InChI=1S/C18H17BrFNO3/c1-3-12-4-7-14(8-5-12)21-17(22)11(2)24-18(23)15-9-6-13(19)10-16(15)20/h4-11H,3H2,1-2H3,(H,21,22)/t11-/m0/s1. The molecule has 2 aromatic rings. The molecule has 0 heterocycles. The number of ether oxygens (including phenoxy) is 1. The average molecular weight is 394 g/mol. The minimum absolute atomic E-state index is 0.217. The maximum Gasteiger partial charge on any atom is 0.341 e. The lowest BCUT2D eigenvalue weighted by Crippen LogP contribution is -2.30. The van der Waals surface area contributed by atoms with E-state index >= 15 is 0 Å². The summed E-state index contributed by atoms with van der Waals surface area (Å²) in [7, 11) is 0. The van der Waals surface area contributed by atoms with Crippen molar-refractivity contribution >= 4 is 33.5 Å². The molecule has 0 fully saturated rings. The van der Waals surface area contributed by atoms with E-state index in [1.54, 1.807) is 12.1 Å². The third kappa shape index (κ3) is 4.64. The van der Waals surface area contributed by atoms with Gasteiger partial charge in [-0.3, -0.25) is 4.79 Å². The van der Waals surface area contributed by atoms with Crippen LogP contribution in [0.4, 0.5) is 10.1 Å². The number of hydrogen-bond acceptors (Lipinski definition) is 3. The average Bonchev–Trinajstić information content (AvgIpc) is 2.55. The summed E-state index contributed by atoms with van der Waals surface area (Å²) in [6.45, 7) is 3.47. The SMILES string of the molecule is CCc1ccc(NC(=O)[C@H](C)OC(=O)c2ccc(Br)cc2F)cc1. The highest BCUT2D eigenvalue weighted by molar-refractivity contribution is 9.10. The summed E-state index contributed by atoms with van der Waals surface area (Å²) >= 11 is 3.11. The Morgan fingerprint density at radius 3 is 2.46 bits per heavy atom. The second-order valence-corrected chi connectivity index (χ2v) is 6.13. The Labute approximate surface area is 148 Å². The maximum atomic E-state index is 13.7. The summed E-state index contributed by atoms with van der Waals surface area (Å²) in [5.74, 6) is -2.08. The molecule has 126 valence electrons. The topological polar surface area (TPSA) is 55.4 Å². The van der Waals surface area contributed by atoms with Crippen molar-refractivity contribution in [2.45, 2.75) is 26.4 Å². The molecule has 0 spiro atoms. The number of nitrogens with one attached hydrogen (secondary N) is 1. The first-order valence-corrected chi connectivity index (χ1v) is 8.26. The molecule has 0 radical (unpaired) electrons. The number of rotatable bonds is 5. The van der Waals surface area contributed by atoms with Crippen LogP contribution in [0.3, 0.4) is 0 Å². The third-order valence-corrected chi connectivity index (χ3v) is 3.93. The van der Waals surface area contributed by atoms with E-state index in [1.807, 2.05) is 19.1 Å². The zero-order valence-corrected chi connectivity index (χ0v) is 14.9. The fourth-order valence-corrected chi connectivity index (χ4v) is 2.33. The van der Waals surface area contributed by atoms with Gasteiger partial charge < -0.3 is 10.1 Å². The van der Waals surface area contributed by atoms with Gasteiger partial charge in [-0.25, -0.2) is 9.18 Å². The lowest BCUT2D eigenvalue weighted by atomic mass is 10.1. The molecule has 24 heavy (non-hydrogen) atoms. The highest BCUT2D eigenvalue weighted by Gasteiger charge is 2.21. The van der Waals surface area contributed by atoms with Crippen molar-refractivity contribution in [1.82, 2.24) is 0 Å². The Morgan fingerprint density at radius 2 is 1.88 bits per heavy atom. The third-order valence-electron chi connectivity index (χ3n) is 3.43. The predicted molar refractivity (Wildman–Crippen MR) is 93.4 cm³/mol. The molecular weight excluding hydrogens is 377 g/mol. The van der Waals surface area contributed by atoms with Gasteiger partial charge in [0.05, 0.1) is 5.56 Å². The van der Waals surface area contributed by atoms with Gasteiger partial charge >= 0.3 is 5.97 Å². The van der Waals surface area contributed by atoms with Crippen LogP contribution >= 0.6 is 15.9 Å². The number of carbonyl (C=O) groups excluding carboxylic acids is 2. The molecular formula is C18H17BrFNO3. The first-order chi connectivity index (χ1) is 11.4. The van der Waals surface area contributed by atoms with Gasteiger partial charge in [0.2, 0.25) is 0 Å². The van der Waals surface area contributed by atoms with Crippen LogP contribution in [0.15, 0.2) is 46.9 Å². The molecule has 0 aromatic heterocycles. The van der Waals surface area contributed by atoms with Crippen LogP contribution < -0.4 is 5.32 Å². The molecule has 0 saturated heterocycles. The lowest BCUT2D eigenvalue weighted by molar-refractivity contribution is -0.123. The van der Waals surface area contributed by atoms with Crippen LogP contribution in [0.2, 0.25) is 0 Å².